The summed E-state index contributed by atoms with van der Waals surface area (Å²) < 4.78 is 67.6. The Hall–Kier alpha value is -3.81. The lowest BCUT2D eigenvalue weighted by Gasteiger charge is -2.37. The van der Waals surface area contributed by atoms with Gasteiger partial charge in [-0.25, -0.2) is 22.0 Å². The summed E-state index contributed by atoms with van der Waals surface area (Å²) in [6.07, 6.45) is 0. The molecule has 0 aromatic heterocycles. The van der Waals surface area contributed by atoms with E-state index in [1.807, 2.05) is 4.90 Å². The molecule has 34 heavy (non-hydrogen) atoms. The van der Waals surface area contributed by atoms with Gasteiger partial charge >= 0.3 is 0 Å². The molecular formula is C20H17F5N4O5. The minimum absolute atomic E-state index is 0.0899. The molecule has 14 heteroatoms. The van der Waals surface area contributed by atoms with E-state index in [2.05, 4.69) is 0 Å². The monoisotopic (exact) mass is 488 g/mol. The van der Waals surface area contributed by atoms with Crippen molar-refractivity contribution in [2.45, 2.75) is 6.04 Å². The van der Waals surface area contributed by atoms with Crippen molar-refractivity contribution in [2.75, 3.05) is 37.7 Å². The van der Waals surface area contributed by atoms with Crippen LogP contribution < -0.4 is 10.2 Å². The number of non-ortho nitro benzene ring substituents is 1. The molecule has 1 atom stereocenters. The fourth-order valence-electron chi connectivity index (χ4n) is 3.41. The highest BCUT2D eigenvalue weighted by Gasteiger charge is 2.33. The van der Waals surface area contributed by atoms with Crippen LogP contribution in [0.25, 0.3) is 0 Å². The van der Waals surface area contributed by atoms with Crippen LogP contribution in [0.4, 0.5) is 33.3 Å². The van der Waals surface area contributed by atoms with E-state index >= 15 is 0 Å². The van der Waals surface area contributed by atoms with Gasteiger partial charge in [-0.05, 0) is 12.1 Å². The zero-order chi connectivity index (χ0) is 25.2. The van der Waals surface area contributed by atoms with Gasteiger partial charge < -0.3 is 20.2 Å². The molecule has 1 aliphatic rings. The number of aliphatic hydroxyl groups is 1. The number of carbonyl (C=O) groups excluding carboxylic acids is 2. The molecule has 2 amide bonds. The lowest BCUT2D eigenvalue weighted by molar-refractivity contribution is -0.384. The highest BCUT2D eigenvalue weighted by atomic mass is 19.2. The summed E-state index contributed by atoms with van der Waals surface area (Å²) in [6, 6.07) is 4.02. The third-order valence-corrected chi connectivity index (χ3v) is 5.24. The fraction of sp³-hybridized carbons (Fsp3) is 0.300. The average molecular weight is 488 g/mol. The van der Waals surface area contributed by atoms with Crippen molar-refractivity contribution < 1.29 is 41.6 Å². The largest absolute Gasteiger partial charge is 0.394 e. The molecule has 1 unspecified atom stereocenters. The summed E-state index contributed by atoms with van der Waals surface area (Å²) in [6.45, 7) is -0.224. The van der Waals surface area contributed by atoms with Crippen molar-refractivity contribution in [3.8, 4) is 0 Å². The van der Waals surface area contributed by atoms with Crippen LogP contribution in [0.2, 0.25) is 0 Å². The second-order valence-corrected chi connectivity index (χ2v) is 7.24. The van der Waals surface area contributed by atoms with E-state index in [4.69, 9.17) is 0 Å². The first kappa shape index (κ1) is 24.8. The minimum atomic E-state index is -2.44. The predicted octanol–water partition coefficient (Wildman–Crippen LogP) is 1.73. The van der Waals surface area contributed by atoms with Crippen molar-refractivity contribution in [1.29, 1.82) is 0 Å². The van der Waals surface area contributed by atoms with Gasteiger partial charge in [0.1, 0.15) is 11.6 Å². The van der Waals surface area contributed by atoms with Crippen LogP contribution in [0.5, 0.6) is 0 Å². The number of nitrogens with zero attached hydrogens (tertiary/aromatic N) is 3. The van der Waals surface area contributed by atoms with Gasteiger partial charge in [0.05, 0.1) is 11.5 Å². The number of halogens is 5. The zero-order valence-electron chi connectivity index (χ0n) is 17.2. The number of carbonyl (C=O) groups is 2. The number of benzene rings is 2. The Morgan fingerprint density at radius 3 is 1.91 bits per heavy atom. The van der Waals surface area contributed by atoms with Gasteiger partial charge in [0, 0.05) is 44.0 Å². The standard InChI is InChI=1S/C20H17F5N4O5/c21-14-13(15(22)17(24)18(25)16(14)23)19(31)26-12(9-30)20(32)28-7-5-27(6-8-28)10-1-3-11(4-2-10)29(33)34/h1-4,12,30H,5-9H2,(H,26,31). The van der Waals surface area contributed by atoms with Crippen LogP contribution in [0.3, 0.4) is 0 Å². The van der Waals surface area contributed by atoms with Crippen molar-refractivity contribution in [3.05, 3.63) is 69.0 Å². The molecule has 0 saturated carbocycles. The summed E-state index contributed by atoms with van der Waals surface area (Å²) in [4.78, 5) is 38.1. The van der Waals surface area contributed by atoms with Crippen LogP contribution in [0.15, 0.2) is 24.3 Å². The molecule has 1 saturated heterocycles. The highest BCUT2D eigenvalue weighted by Crippen LogP contribution is 2.24. The Bertz CT molecular complexity index is 1090. The summed E-state index contributed by atoms with van der Waals surface area (Å²) >= 11 is 0. The number of nitrogens with one attached hydrogen (secondary N) is 1. The molecule has 1 heterocycles. The van der Waals surface area contributed by atoms with Gasteiger partial charge in [0.25, 0.3) is 11.6 Å². The van der Waals surface area contributed by atoms with Crippen molar-refractivity contribution in [1.82, 2.24) is 10.2 Å². The number of hydrogen-bond donors (Lipinski definition) is 2. The number of piperazine rings is 1. The number of rotatable bonds is 6. The molecule has 2 aromatic rings. The second-order valence-electron chi connectivity index (χ2n) is 7.24. The number of nitro groups is 1. The molecule has 0 bridgehead atoms. The molecule has 0 spiro atoms. The van der Waals surface area contributed by atoms with Crippen molar-refractivity contribution in [3.63, 3.8) is 0 Å². The van der Waals surface area contributed by atoms with E-state index in [-0.39, 0.29) is 31.9 Å². The SMILES string of the molecule is O=C(NC(CO)C(=O)N1CCN(c2ccc([N+](=O)[O-])cc2)CC1)c1c(F)c(F)c(F)c(F)c1F. The molecule has 9 nitrogen and oxygen atoms in total. The quantitative estimate of drug-likeness (QED) is 0.210. The highest BCUT2D eigenvalue weighted by molar-refractivity contribution is 5.98. The molecule has 182 valence electrons. The van der Waals surface area contributed by atoms with Crippen LogP contribution in [0.1, 0.15) is 10.4 Å². The number of amides is 2. The Morgan fingerprint density at radius 1 is 0.941 bits per heavy atom. The molecule has 3 rings (SSSR count). The van der Waals surface area contributed by atoms with Crippen LogP contribution in [-0.2, 0) is 4.79 Å². The molecule has 2 N–H and O–H groups in total. The van der Waals surface area contributed by atoms with Gasteiger partial charge in [-0.2, -0.15) is 0 Å². The van der Waals surface area contributed by atoms with Crippen LogP contribution in [0, 0.1) is 39.2 Å². The van der Waals surface area contributed by atoms with Crippen LogP contribution in [-0.4, -0.2) is 65.6 Å². The molecule has 1 fully saturated rings. The lowest BCUT2D eigenvalue weighted by Crippen LogP contribution is -2.56. The third kappa shape index (κ3) is 4.76. The summed E-state index contributed by atoms with van der Waals surface area (Å²) in [5.41, 5.74) is -1.20. The summed E-state index contributed by atoms with van der Waals surface area (Å²) in [7, 11) is 0. The van der Waals surface area contributed by atoms with E-state index in [1.54, 1.807) is 5.32 Å². The van der Waals surface area contributed by atoms with E-state index in [0.29, 0.717) is 5.69 Å². The maximum atomic E-state index is 13.9. The number of nitro benzene ring substituents is 1. The van der Waals surface area contributed by atoms with Gasteiger partial charge in [-0.15, -0.1) is 0 Å². The van der Waals surface area contributed by atoms with Gasteiger partial charge in [0.2, 0.25) is 11.7 Å². The third-order valence-electron chi connectivity index (χ3n) is 5.24. The molecule has 0 radical (unpaired) electrons. The van der Waals surface area contributed by atoms with E-state index in [9.17, 15) is 46.8 Å². The fourth-order valence-corrected chi connectivity index (χ4v) is 3.41. The smallest absolute Gasteiger partial charge is 0.269 e. The Labute approximate surface area is 188 Å². The first-order chi connectivity index (χ1) is 16.1. The van der Waals surface area contributed by atoms with E-state index in [1.165, 1.54) is 29.2 Å². The van der Waals surface area contributed by atoms with E-state index in [0.717, 1.165) is 0 Å². The van der Waals surface area contributed by atoms with Crippen molar-refractivity contribution in [2.24, 2.45) is 0 Å². The number of anilines is 1. The lowest BCUT2D eigenvalue weighted by atomic mass is 10.1. The number of hydrogen-bond acceptors (Lipinski definition) is 6. The summed E-state index contributed by atoms with van der Waals surface area (Å²) in [5.74, 6) is -14.4. The first-order valence-corrected chi connectivity index (χ1v) is 9.78. The minimum Gasteiger partial charge on any atom is -0.394 e. The second kappa shape index (κ2) is 9.99. The van der Waals surface area contributed by atoms with E-state index < -0.39 is 64.0 Å². The zero-order valence-corrected chi connectivity index (χ0v) is 17.2. The van der Waals surface area contributed by atoms with Crippen LogP contribution >= 0.6 is 0 Å². The summed E-state index contributed by atoms with van der Waals surface area (Å²) in [5, 5.41) is 22.0. The first-order valence-electron chi connectivity index (χ1n) is 9.78. The Morgan fingerprint density at radius 2 is 1.44 bits per heavy atom. The normalized spacial score (nSPS) is 14.6. The average Bonchev–Trinajstić information content (AvgIpc) is 2.84. The number of aliphatic hydroxyl groups excluding tert-OH is 1. The van der Waals surface area contributed by atoms with Gasteiger partial charge in [0.15, 0.2) is 23.3 Å². The molecular weight excluding hydrogens is 471 g/mol. The maximum absolute atomic E-state index is 13.9. The molecule has 2 aromatic carbocycles. The van der Waals surface area contributed by atoms with Gasteiger partial charge in [-0.3, -0.25) is 19.7 Å². The topological polar surface area (TPSA) is 116 Å². The van der Waals surface area contributed by atoms with Crippen molar-refractivity contribution >= 4 is 23.2 Å². The predicted molar refractivity (Wildman–Crippen MR) is 106 cm³/mol. The Balaban J connectivity index is 1.67. The molecule has 0 aliphatic carbocycles. The Kier molecular flexibility index (Phi) is 7.29. The van der Waals surface area contributed by atoms with Gasteiger partial charge in [-0.1, -0.05) is 0 Å². The molecule has 1 aliphatic heterocycles. The maximum Gasteiger partial charge on any atom is 0.269 e.